The third-order valence-corrected chi connectivity index (χ3v) is 4.48. The van der Waals surface area contributed by atoms with Crippen LogP contribution in [0.3, 0.4) is 0 Å². The van der Waals surface area contributed by atoms with Crippen LogP contribution in [0.2, 0.25) is 0 Å². The van der Waals surface area contributed by atoms with E-state index in [4.69, 9.17) is 5.73 Å². The van der Waals surface area contributed by atoms with E-state index in [0.29, 0.717) is 29.8 Å². The number of carbonyl (C=O) groups excluding carboxylic acids is 2. The monoisotopic (exact) mass is 373 g/mol. The molecule has 0 heterocycles. The highest BCUT2D eigenvalue weighted by atomic mass is 16.2. The molecule has 0 aliphatic carbocycles. The number of para-hydroxylation sites is 1. The van der Waals surface area contributed by atoms with Crippen LogP contribution in [0, 0.1) is 0 Å². The Bertz CT molecular complexity index is 936. The molecule has 5 nitrogen and oxygen atoms in total. The Morgan fingerprint density at radius 2 is 1.54 bits per heavy atom. The van der Waals surface area contributed by atoms with E-state index in [2.05, 4.69) is 5.32 Å². The van der Waals surface area contributed by atoms with Crippen LogP contribution in [0.15, 0.2) is 78.9 Å². The lowest BCUT2D eigenvalue weighted by Crippen LogP contribution is -2.26. The second-order valence-corrected chi connectivity index (χ2v) is 6.57. The molecule has 0 fully saturated rings. The van der Waals surface area contributed by atoms with Gasteiger partial charge in [0.15, 0.2) is 0 Å². The largest absolute Gasteiger partial charge is 0.399 e. The van der Waals surface area contributed by atoms with Crippen LogP contribution in [-0.4, -0.2) is 18.9 Å². The van der Waals surface area contributed by atoms with Crippen molar-refractivity contribution < 1.29 is 9.59 Å². The summed E-state index contributed by atoms with van der Waals surface area (Å²) in [7, 11) is 1.74. The average molecular weight is 373 g/mol. The standard InChI is InChI=1S/C23H23N3O2/c1-26(21-5-3-2-4-6-21)23(28)18-10-14-20(15-11-18)25-22(27)16-9-17-7-12-19(24)13-8-17/h2-8,10-15H,9,16,24H2,1H3,(H,25,27). The lowest BCUT2D eigenvalue weighted by Gasteiger charge is -2.17. The van der Waals surface area contributed by atoms with Gasteiger partial charge in [0.25, 0.3) is 5.91 Å². The van der Waals surface area contributed by atoms with Gasteiger partial charge in [0.1, 0.15) is 0 Å². The Kier molecular flexibility index (Phi) is 6.07. The zero-order valence-electron chi connectivity index (χ0n) is 15.8. The number of benzene rings is 3. The van der Waals surface area contributed by atoms with E-state index in [1.54, 1.807) is 36.2 Å². The highest BCUT2D eigenvalue weighted by molar-refractivity contribution is 6.06. The third-order valence-electron chi connectivity index (χ3n) is 4.48. The van der Waals surface area contributed by atoms with Gasteiger partial charge in [-0.15, -0.1) is 0 Å². The molecule has 0 saturated heterocycles. The predicted octanol–water partition coefficient (Wildman–Crippen LogP) is 4.12. The predicted molar refractivity (Wildman–Crippen MR) is 113 cm³/mol. The number of amides is 2. The van der Waals surface area contributed by atoms with Crippen LogP contribution < -0.4 is 16.0 Å². The molecule has 0 aliphatic rings. The highest BCUT2D eigenvalue weighted by Crippen LogP contribution is 2.17. The zero-order valence-corrected chi connectivity index (χ0v) is 15.8. The quantitative estimate of drug-likeness (QED) is 0.638. The molecule has 0 spiro atoms. The maximum Gasteiger partial charge on any atom is 0.258 e. The highest BCUT2D eigenvalue weighted by Gasteiger charge is 2.13. The maximum atomic E-state index is 12.6. The van der Waals surface area contributed by atoms with Gasteiger partial charge < -0.3 is 16.0 Å². The average Bonchev–Trinajstić information content (AvgIpc) is 2.73. The Morgan fingerprint density at radius 1 is 0.893 bits per heavy atom. The molecule has 2 amide bonds. The summed E-state index contributed by atoms with van der Waals surface area (Å²) in [6.45, 7) is 0. The summed E-state index contributed by atoms with van der Waals surface area (Å²) in [5.41, 5.74) is 9.49. The van der Waals surface area contributed by atoms with Crippen molar-refractivity contribution in [3.63, 3.8) is 0 Å². The summed E-state index contributed by atoms with van der Waals surface area (Å²) in [6, 6.07) is 23.9. The Balaban J connectivity index is 1.55. The van der Waals surface area contributed by atoms with Gasteiger partial charge in [0.05, 0.1) is 0 Å². The molecule has 3 aromatic carbocycles. The van der Waals surface area contributed by atoms with Crippen LogP contribution in [-0.2, 0) is 11.2 Å². The number of rotatable bonds is 6. The minimum Gasteiger partial charge on any atom is -0.399 e. The van der Waals surface area contributed by atoms with Crippen molar-refractivity contribution in [1.82, 2.24) is 0 Å². The van der Waals surface area contributed by atoms with Crippen LogP contribution in [0.1, 0.15) is 22.3 Å². The van der Waals surface area contributed by atoms with E-state index in [1.165, 1.54) is 0 Å². The number of hydrogen-bond acceptors (Lipinski definition) is 3. The third kappa shape index (κ3) is 4.98. The molecule has 28 heavy (non-hydrogen) atoms. The van der Waals surface area contributed by atoms with E-state index in [9.17, 15) is 9.59 Å². The Hall–Kier alpha value is -3.60. The molecule has 0 atom stereocenters. The van der Waals surface area contributed by atoms with E-state index < -0.39 is 0 Å². The lowest BCUT2D eigenvalue weighted by molar-refractivity contribution is -0.116. The molecular weight excluding hydrogens is 350 g/mol. The summed E-state index contributed by atoms with van der Waals surface area (Å²) < 4.78 is 0. The maximum absolute atomic E-state index is 12.6. The van der Waals surface area contributed by atoms with Crippen LogP contribution in [0.4, 0.5) is 17.1 Å². The van der Waals surface area contributed by atoms with Crippen molar-refractivity contribution in [3.05, 3.63) is 90.0 Å². The topological polar surface area (TPSA) is 75.4 Å². The van der Waals surface area contributed by atoms with E-state index in [0.717, 1.165) is 11.3 Å². The number of hydrogen-bond donors (Lipinski definition) is 2. The summed E-state index contributed by atoms with van der Waals surface area (Å²) in [4.78, 5) is 26.3. The number of carbonyl (C=O) groups is 2. The first-order valence-electron chi connectivity index (χ1n) is 9.10. The van der Waals surface area contributed by atoms with Crippen molar-refractivity contribution >= 4 is 28.9 Å². The molecule has 0 bridgehead atoms. The minimum absolute atomic E-state index is 0.0719. The first kappa shape index (κ1) is 19.2. The van der Waals surface area contributed by atoms with Crippen molar-refractivity contribution in [2.75, 3.05) is 23.0 Å². The number of nitrogens with one attached hydrogen (secondary N) is 1. The molecule has 0 aromatic heterocycles. The first-order valence-corrected chi connectivity index (χ1v) is 9.10. The van der Waals surface area contributed by atoms with E-state index in [-0.39, 0.29) is 11.8 Å². The SMILES string of the molecule is CN(C(=O)c1ccc(NC(=O)CCc2ccc(N)cc2)cc1)c1ccccc1. The first-order chi connectivity index (χ1) is 13.5. The number of aryl methyl sites for hydroxylation is 1. The fourth-order valence-corrected chi connectivity index (χ4v) is 2.82. The molecule has 3 aromatic rings. The number of nitrogens with zero attached hydrogens (tertiary/aromatic N) is 1. The molecule has 3 N–H and O–H groups in total. The molecule has 3 rings (SSSR count). The Morgan fingerprint density at radius 3 is 2.18 bits per heavy atom. The van der Waals surface area contributed by atoms with Crippen LogP contribution in [0.5, 0.6) is 0 Å². The van der Waals surface area contributed by atoms with Gasteiger partial charge in [-0.3, -0.25) is 9.59 Å². The van der Waals surface area contributed by atoms with Gasteiger partial charge in [0.2, 0.25) is 5.91 Å². The number of anilines is 3. The molecule has 142 valence electrons. The smallest absolute Gasteiger partial charge is 0.258 e. The molecule has 0 saturated carbocycles. The normalized spacial score (nSPS) is 10.3. The van der Waals surface area contributed by atoms with Crippen LogP contribution >= 0.6 is 0 Å². The van der Waals surface area contributed by atoms with Crippen molar-refractivity contribution in [2.45, 2.75) is 12.8 Å². The Labute approximate surface area is 164 Å². The molecular formula is C23H23N3O2. The molecule has 5 heteroatoms. The number of nitrogens with two attached hydrogens (primary N) is 1. The number of nitrogen functional groups attached to an aromatic ring is 1. The van der Waals surface area contributed by atoms with Gasteiger partial charge in [-0.25, -0.2) is 0 Å². The van der Waals surface area contributed by atoms with Gasteiger partial charge in [0, 0.05) is 36.1 Å². The molecule has 0 aliphatic heterocycles. The van der Waals surface area contributed by atoms with Gasteiger partial charge >= 0.3 is 0 Å². The fourth-order valence-electron chi connectivity index (χ4n) is 2.82. The molecule has 0 radical (unpaired) electrons. The minimum atomic E-state index is -0.104. The van der Waals surface area contributed by atoms with E-state index in [1.807, 2.05) is 54.6 Å². The molecule has 0 unspecified atom stereocenters. The van der Waals surface area contributed by atoms with Gasteiger partial charge in [-0.2, -0.15) is 0 Å². The van der Waals surface area contributed by atoms with Crippen molar-refractivity contribution in [3.8, 4) is 0 Å². The second-order valence-electron chi connectivity index (χ2n) is 6.57. The lowest BCUT2D eigenvalue weighted by atomic mass is 10.1. The summed E-state index contributed by atoms with van der Waals surface area (Å²) in [5.74, 6) is -0.176. The van der Waals surface area contributed by atoms with Gasteiger partial charge in [-0.1, -0.05) is 30.3 Å². The zero-order chi connectivity index (χ0) is 19.9. The second kappa shape index (κ2) is 8.86. The van der Waals surface area contributed by atoms with Crippen LogP contribution in [0.25, 0.3) is 0 Å². The summed E-state index contributed by atoms with van der Waals surface area (Å²) in [5, 5.41) is 2.86. The summed E-state index contributed by atoms with van der Waals surface area (Å²) >= 11 is 0. The van der Waals surface area contributed by atoms with E-state index >= 15 is 0 Å². The van der Waals surface area contributed by atoms with Crippen molar-refractivity contribution in [2.24, 2.45) is 0 Å². The van der Waals surface area contributed by atoms with Gasteiger partial charge in [-0.05, 0) is 60.5 Å². The summed E-state index contributed by atoms with van der Waals surface area (Å²) in [6.07, 6.45) is 1.02. The van der Waals surface area contributed by atoms with Crippen molar-refractivity contribution in [1.29, 1.82) is 0 Å². The fraction of sp³-hybridized carbons (Fsp3) is 0.130.